The number of hydrogen-bond donors (Lipinski definition) is 2. The highest BCUT2D eigenvalue weighted by molar-refractivity contribution is 5.78. The molecule has 1 aromatic heterocycles. The molecular weight excluding hydrogens is 374 g/mol. The van der Waals surface area contributed by atoms with E-state index in [1.807, 2.05) is 30.3 Å². The number of nitrogens with one attached hydrogen (secondary N) is 2. The molecule has 3 heterocycles. The quantitative estimate of drug-likeness (QED) is 0.805. The van der Waals surface area contributed by atoms with Crippen molar-refractivity contribution in [3.63, 3.8) is 0 Å². The molecular formula is C20H25N5O4. The van der Waals surface area contributed by atoms with Gasteiger partial charge >= 0.3 is 12.1 Å². The summed E-state index contributed by atoms with van der Waals surface area (Å²) in [6.45, 7) is 6.39. The molecule has 4 rings (SSSR count). The smallest absolute Gasteiger partial charge is 0.407 e. The van der Waals surface area contributed by atoms with E-state index in [9.17, 15) is 9.59 Å². The van der Waals surface area contributed by atoms with Crippen molar-refractivity contribution < 1.29 is 19.2 Å². The number of hydroxylamine groups is 2. The summed E-state index contributed by atoms with van der Waals surface area (Å²) >= 11 is 0. The molecule has 0 saturated carbocycles. The average Bonchev–Trinajstić information content (AvgIpc) is 3.25. The third-order valence-corrected chi connectivity index (χ3v) is 4.91. The zero-order valence-electron chi connectivity index (χ0n) is 16.7. The largest absolute Gasteiger partial charge is 0.444 e. The summed E-state index contributed by atoms with van der Waals surface area (Å²) in [5.74, 6) is 0. The van der Waals surface area contributed by atoms with Crippen LogP contribution in [0.1, 0.15) is 49.7 Å². The maximum atomic E-state index is 13.0. The Morgan fingerprint density at radius 3 is 2.79 bits per heavy atom. The van der Waals surface area contributed by atoms with Crippen LogP contribution in [0.2, 0.25) is 0 Å². The van der Waals surface area contributed by atoms with Gasteiger partial charge in [-0.1, -0.05) is 30.3 Å². The number of amides is 3. The number of benzene rings is 1. The van der Waals surface area contributed by atoms with Crippen molar-refractivity contribution in [1.29, 1.82) is 0 Å². The van der Waals surface area contributed by atoms with Crippen LogP contribution >= 0.6 is 0 Å². The summed E-state index contributed by atoms with van der Waals surface area (Å²) in [7, 11) is 0. The number of nitrogens with zero attached hydrogens (tertiary/aromatic N) is 3. The van der Waals surface area contributed by atoms with Crippen molar-refractivity contribution in [3.8, 4) is 0 Å². The first kappa shape index (κ1) is 19.3. The fraction of sp³-hybridized carbons (Fsp3) is 0.450. The van der Waals surface area contributed by atoms with Crippen LogP contribution in [-0.2, 0) is 16.2 Å². The van der Waals surface area contributed by atoms with Crippen molar-refractivity contribution in [2.24, 2.45) is 0 Å². The third-order valence-electron chi connectivity index (χ3n) is 4.91. The number of alkyl carbamates (subject to hydrolysis) is 1. The topological polar surface area (TPSA) is 99.8 Å². The van der Waals surface area contributed by atoms with E-state index in [0.717, 1.165) is 16.8 Å². The second kappa shape index (κ2) is 7.40. The molecule has 0 aliphatic carbocycles. The van der Waals surface area contributed by atoms with Crippen molar-refractivity contribution in [3.05, 3.63) is 53.3 Å². The number of aromatic nitrogens is 2. The maximum Gasteiger partial charge on any atom is 0.407 e. The summed E-state index contributed by atoms with van der Waals surface area (Å²) in [6, 6.07) is 8.85. The Hall–Kier alpha value is -3.07. The Labute approximate surface area is 168 Å². The Morgan fingerprint density at radius 1 is 1.31 bits per heavy atom. The Balaban J connectivity index is 1.47. The van der Waals surface area contributed by atoms with Gasteiger partial charge in [0.1, 0.15) is 18.2 Å². The van der Waals surface area contributed by atoms with Gasteiger partial charge in [0.15, 0.2) is 0 Å². The molecule has 2 bridgehead atoms. The standard InChI is InChI=1S/C20H25N5O4/c1-20(2,3)29-18(26)21-10-15-17-14(9-22-23-17)16-11-24(15)19(27)25(16)28-12-13-7-5-4-6-8-13/h4-9,15-16H,10-12H2,1-3H3,(H,21,26)(H,22,23)/t15-,16-/m1/s1. The SMILES string of the molecule is CC(C)(C)OC(=O)NC[C@@H]1c2[nH]ncc2[C@H]2CN1C(=O)N2OCc1ccccc1. The maximum absolute atomic E-state index is 13.0. The number of fused-ring (bicyclic) bond motifs is 4. The molecule has 2 N–H and O–H groups in total. The van der Waals surface area contributed by atoms with Crippen molar-refractivity contribution in [2.75, 3.05) is 13.1 Å². The van der Waals surface area contributed by atoms with Crippen molar-refractivity contribution in [1.82, 2.24) is 25.5 Å². The minimum absolute atomic E-state index is 0.217. The monoisotopic (exact) mass is 399 g/mol. The summed E-state index contributed by atoms with van der Waals surface area (Å²) in [4.78, 5) is 32.6. The molecule has 1 saturated heterocycles. The highest BCUT2D eigenvalue weighted by Gasteiger charge is 2.49. The van der Waals surface area contributed by atoms with E-state index in [1.165, 1.54) is 5.06 Å². The highest BCUT2D eigenvalue weighted by atomic mass is 16.7. The lowest BCUT2D eigenvalue weighted by molar-refractivity contribution is -0.141. The molecule has 2 aromatic rings. The molecule has 0 spiro atoms. The van der Waals surface area contributed by atoms with Gasteiger partial charge in [-0.25, -0.2) is 9.59 Å². The fourth-order valence-electron chi connectivity index (χ4n) is 3.65. The number of ether oxygens (including phenoxy) is 1. The second-order valence-electron chi connectivity index (χ2n) is 8.17. The number of aromatic amines is 1. The van der Waals surface area contributed by atoms with Crippen LogP contribution in [0.15, 0.2) is 36.5 Å². The van der Waals surface area contributed by atoms with Gasteiger partial charge in [0.05, 0.1) is 24.5 Å². The van der Waals surface area contributed by atoms with Crippen LogP contribution in [0.25, 0.3) is 0 Å². The first-order valence-electron chi connectivity index (χ1n) is 9.60. The summed E-state index contributed by atoms with van der Waals surface area (Å²) in [5.41, 5.74) is 2.09. The fourth-order valence-corrected chi connectivity index (χ4v) is 3.65. The lowest BCUT2D eigenvalue weighted by Gasteiger charge is -2.30. The normalized spacial score (nSPS) is 20.6. The van der Waals surface area contributed by atoms with E-state index >= 15 is 0 Å². The van der Waals surface area contributed by atoms with Gasteiger partial charge in [-0.2, -0.15) is 10.2 Å². The van der Waals surface area contributed by atoms with Gasteiger partial charge in [-0.05, 0) is 26.3 Å². The van der Waals surface area contributed by atoms with E-state index in [-0.39, 0.29) is 24.7 Å². The minimum Gasteiger partial charge on any atom is -0.444 e. The summed E-state index contributed by atoms with van der Waals surface area (Å²) < 4.78 is 5.30. The summed E-state index contributed by atoms with van der Waals surface area (Å²) in [6.07, 6.45) is 1.19. The lowest BCUT2D eigenvalue weighted by Crippen LogP contribution is -2.42. The Kier molecular flexibility index (Phi) is 4.91. The predicted molar refractivity (Wildman–Crippen MR) is 103 cm³/mol. The Bertz CT molecular complexity index is 892. The van der Waals surface area contributed by atoms with Gasteiger partial charge in [0.25, 0.3) is 0 Å². The first-order chi connectivity index (χ1) is 13.8. The van der Waals surface area contributed by atoms with Crippen LogP contribution in [-0.4, -0.2) is 51.0 Å². The third kappa shape index (κ3) is 3.91. The molecule has 1 fully saturated rings. The van der Waals surface area contributed by atoms with E-state index in [0.29, 0.717) is 13.2 Å². The van der Waals surface area contributed by atoms with Crippen molar-refractivity contribution >= 4 is 12.1 Å². The van der Waals surface area contributed by atoms with Gasteiger partial charge in [0, 0.05) is 12.1 Å². The van der Waals surface area contributed by atoms with Gasteiger partial charge in [0.2, 0.25) is 0 Å². The van der Waals surface area contributed by atoms with Crippen LogP contribution in [0.3, 0.4) is 0 Å². The van der Waals surface area contributed by atoms with Gasteiger partial charge in [-0.3, -0.25) is 9.94 Å². The zero-order valence-corrected chi connectivity index (χ0v) is 16.7. The Morgan fingerprint density at radius 2 is 2.07 bits per heavy atom. The zero-order chi connectivity index (χ0) is 20.6. The molecule has 0 unspecified atom stereocenters. The lowest BCUT2D eigenvalue weighted by atomic mass is 9.98. The van der Waals surface area contributed by atoms with E-state index in [2.05, 4.69) is 15.5 Å². The molecule has 2 aliphatic rings. The molecule has 9 heteroatoms. The number of hydrogen-bond acceptors (Lipinski definition) is 5. The molecule has 2 atom stereocenters. The molecule has 0 radical (unpaired) electrons. The second-order valence-corrected chi connectivity index (χ2v) is 8.17. The van der Waals surface area contributed by atoms with Gasteiger partial charge < -0.3 is 15.0 Å². The molecule has 9 nitrogen and oxygen atoms in total. The minimum atomic E-state index is -0.591. The average molecular weight is 399 g/mol. The predicted octanol–water partition coefficient (Wildman–Crippen LogP) is 2.90. The summed E-state index contributed by atoms with van der Waals surface area (Å²) in [5, 5.41) is 11.3. The van der Waals surface area contributed by atoms with E-state index < -0.39 is 11.7 Å². The molecule has 154 valence electrons. The van der Waals surface area contributed by atoms with Crippen LogP contribution in [0.4, 0.5) is 9.59 Å². The number of carbonyl (C=O) groups excluding carboxylic acids is 2. The number of urea groups is 1. The molecule has 2 aliphatic heterocycles. The van der Waals surface area contributed by atoms with Crippen molar-refractivity contribution in [2.45, 2.75) is 45.1 Å². The van der Waals surface area contributed by atoms with Crippen LogP contribution in [0.5, 0.6) is 0 Å². The van der Waals surface area contributed by atoms with Crippen LogP contribution < -0.4 is 5.32 Å². The van der Waals surface area contributed by atoms with Crippen LogP contribution in [0, 0.1) is 0 Å². The molecule has 3 amide bonds. The highest BCUT2D eigenvalue weighted by Crippen LogP contribution is 2.42. The molecule has 1 aromatic carbocycles. The van der Waals surface area contributed by atoms with E-state index in [1.54, 1.807) is 31.9 Å². The van der Waals surface area contributed by atoms with E-state index in [4.69, 9.17) is 9.57 Å². The first-order valence-corrected chi connectivity index (χ1v) is 9.60. The van der Waals surface area contributed by atoms with Gasteiger partial charge in [-0.15, -0.1) is 0 Å². The number of H-pyrrole nitrogens is 1. The molecule has 29 heavy (non-hydrogen) atoms. The number of rotatable bonds is 5. The number of carbonyl (C=O) groups is 2.